The van der Waals surface area contributed by atoms with Crippen LogP contribution in [-0.4, -0.2) is 58.4 Å². The minimum absolute atomic E-state index is 0.238. The van der Waals surface area contributed by atoms with Crippen molar-refractivity contribution in [2.75, 3.05) is 26.2 Å². The molecule has 2 aromatic heterocycles. The smallest absolute Gasteiger partial charge is 0.275 e. The van der Waals surface area contributed by atoms with Crippen molar-refractivity contribution in [2.24, 2.45) is 0 Å². The van der Waals surface area contributed by atoms with Crippen LogP contribution in [0.4, 0.5) is 0 Å². The maximum atomic E-state index is 13.2. The monoisotopic (exact) mass is 529 g/mol. The Kier molecular flexibility index (Phi) is 6.49. The van der Waals surface area contributed by atoms with Crippen LogP contribution in [-0.2, 0) is 16.6 Å². The summed E-state index contributed by atoms with van der Waals surface area (Å²) in [7, 11) is -3.55. The molecular weight excluding hydrogens is 506 g/mol. The molecule has 11 heteroatoms. The van der Waals surface area contributed by atoms with Gasteiger partial charge in [-0.2, -0.15) is 13.9 Å². The highest BCUT2D eigenvalue weighted by molar-refractivity contribution is 7.89. The van der Waals surface area contributed by atoms with E-state index in [4.69, 9.17) is 11.6 Å². The Labute approximate surface area is 212 Å². The van der Waals surface area contributed by atoms with Gasteiger partial charge in [0.15, 0.2) is 0 Å². The van der Waals surface area contributed by atoms with E-state index in [1.807, 2.05) is 38.1 Å². The molecule has 8 nitrogen and oxygen atoms in total. The summed E-state index contributed by atoms with van der Waals surface area (Å²) >= 11 is 7.31. The third kappa shape index (κ3) is 4.89. The van der Waals surface area contributed by atoms with E-state index in [1.54, 1.807) is 22.5 Å². The quantitative estimate of drug-likeness (QED) is 0.392. The van der Waals surface area contributed by atoms with Crippen LogP contribution in [0.15, 0.2) is 58.2 Å². The number of hydrogen-bond acceptors (Lipinski definition) is 7. The Balaban J connectivity index is 1.30. The van der Waals surface area contributed by atoms with E-state index in [-0.39, 0.29) is 5.56 Å². The molecule has 3 heterocycles. The van der Waals surface area contributed by atoms with Crippen LogP contribution in [0.25, 0.3) is 15.5 Å². The molecule has 0 saturated carbocycles. The molecule has 0 aliphatic carbocycles. The average Bonchev–Trinajstić information content (AvgIpc) is 3.26. The van der Waals surface area contributed by atoms with E-state index in [0.717, 1.165) is 16.7 Å². The van der Waals surface area contributed by atoms with Crippen molar-refractivity contribution in [3.8, 4) is 10.6 Å². The molecule has 35 heavy (non-hydrogen) atoms. The first kappa shape index (κ1) is 24.1. The summed E-state index contributed by atoms with van der Waals surface area (Å²) in [6.45, 7) is 6.08. The number of hydrogen-bond donors (Lipinski definition) is 0. The highest BCUT2D eigenvalue weighted by Crippen LogP contribution is 2.26. The topological polar surface area (TPSA) is 87.9 Å². The van der Waals surface area contributed by atoms with Crippen LogP contribution in [0.1, 0.15) is 16.8 Å². The maximum absolute atomic E-state index is 13.2. The Morgan fingerprint density at radius 2 is 1.71 bits per heavy atom. The minimum Gasteiger partial charge on any atom is -0.295 e. The van der Waals surface area contributed by atoms with Gasteiger partial charge >= 0.3 is 0 Å². The zero-order valence-corrected chi connectivity index (χ0v) is 21.7. The van der Waals surface area contributed by atoms with Crippen molar-refractivity contribution >= 4 is 37.9 Å². The lowest BCUT2D eigenvalue weighted by molar-refractivity contribution is 0.180. The highest BCUT2D eigenvalue weighted by atomic mass is 35.5. The molecule has 1 saturated heterocycles. The van der Waals surface area contributed by atoms with Gasteiger partial charge in [0.1, 0.15) is 5.01 Å². The number of benzene rings is 2. The normalized spacial score (nSPS) is 15.6. The summed E-state index contributed by atoms with van der Waals surface area (Å²) in [6, 6.07) is 14.3. The number of nitrogens with zero attached hydrogens (tertiary/aromatic N) is 5. The first-order valence-corrected chi connectivity index (χ1v) is 13.8. The fourth-order valence-corrected chi connectivity index (χ4v) is 6.92. The first-order chi connectivity index (χ1) is 16.7. The Hall–Kier alpha value is -2.63. The summed E-state index contributed by atoms with van der Waals surface area (Å²) in [5, 5.41) is 5.73. The van der Waals surface area contributed by atoms with Crippen molar-refractivity contribution < 1.29 is 8.42 Å². The van der Waals surface area contributed by atoms with Crippen molar-refractivity contribution in [1.29, 1.82) is 0 Å². The molecular formula is C24H24ClN5O3S2. The fraction of sp³-hybridized carbons (Fsp3) is 0.292. The number of rotatable bonds is 5. The van der Waals surface area contributed by atoms with Gasteiger partial charge in [-0.1, -0.05) is 47.2 Å². The molecule has 0 bridgehead atoms. The average molecular weight is 530 g/mol. The van der Waals surface area contributed by atoms with Crippen LogP contribution < -0.4 is 5.56 Å². The van der Waals surface area contributed by atoms with Crippen molar-refractivity contribution in [3.63, 3.8) is 0 Å². The van der Waals surface area contributed by atoms with E-state index >= 15 is 0 Å². The van der Waals surface area contributed by atoms with Crippen LogP contribution in [0.2, 0.25) is 5.02 Å². The van der Waals surface area contributed by atoms with Gasteiger partial charge in [-0.25, -0.2) is 13.4 Å². The summed E-state index contributed by atoms with van der Waals surface area (Å²) in [6.07, 6.45) is 0. The molecule has 5 rings (SSSR count). The largest absolute Gasteiger partial charge is 0.295 e. The van der Waals surface area contributed by atoms with Crippen LogP contribution in [0.5, 0.6) is 0 Å². The molecule has 2 aromatic carbocycles. The predicted molar refractivity (Wildman–Crippen MR) is 138 cm³/mol. The molecule has 1 aliphatic heterocycles. The number of aromatic nitrogens is 3. The maximum Gasteiger partial charge on any atom is 0.275 e. The minimum atomic E-state index is -3.55. The zero-order valence-electron chi connectivity index (χ0n) is 19.3. The number of fused-ring (bicyclic) bond motifs is 1. The summed E-state index contributed by atoms with van der Waals surface area (Å²) in [5.41, 5.74) is 2.94. The van der Waals surface area contributed by atoms with Gasteiger partial charge in [-0.15, -0.1) is 0 Å². The lowest BCUT2D eigenvalue weighted by atomic mass is 10.2. The number of halogens is 1. The van der Waals surface area contributed by atoms with E-state index in [1.165, 1.54) is 21.9 Å². The second-order valence-electron chi connectivity index (χ2n) is 8.64. The Morgan fingerprint density at radius 1 is 1.00 bits per heavy atom. The van der Waals surface area contributed by atoms with Gasteiger partial charge in [0, 0.05) is 49.4 Å². The van der Waals surface area contributed by atoms with Crippen molar-refractivity contribution in [2.45, 2.75) is 25.3 Å². The molecule has 0 amide bonds. The molecule has 4 aromatic rings. The van der Waals surface area contributed by atoms with Gasteiger partial charge in [0.25, 0.3) is 5.56 Å². The van der Waals surface area contributed by atoms with Gasteiger partial charge in [0.2, 0.25) is 15.0 Å². The van der Waals surface area contributed by atoms with Gasteiger partial charge in [-0.05, 0) is 43.2 Å². The predicted octanol–water partition coefficient (Wildman–Crippen LogP) is 3.59. The van der Waals surface area contributed by atoms with Gasteiger partial charge in [0.05, 0.1) is 10.6 Å². The van der Waals surface area contributed by atoms with Crippen LogP contribution >= 0.6 is 22.9 Å². The molecule has 0 atom stereocenters. The Morgan fingerprint density at radius 3 is 2.43 bits per heavy atom. The number of aryl methyl sites for hydroxylation is 2. The third-order valence-electron chi connectivity index (χ3n) is 6.07. The molecule has 0 N–H and O–H groups in total. The summed E-state index contributed by atoms with van der Waals surface area (Å²) < 4.78 is 29.2. The molecule has 182 valence electrons. The van der Waals surface area contributed by atoms with E-state index in [0.29, 0.717) is 58.3 Å². The molecule has 1 fully saturated rings. The summed E-state index contributed by atoms with van der Waals surface area (Å²) in [4.78, 5) is 20.3. The molecule has 1 aliphatic rings. The SMILES string of the molecule is Cc1ccc(C)c(S(=O)(=O)N2CCN(Cc3cc(=O)n4nc(-c5ccc(Cl)cc5)sc4n3)CC2)c1. The molecule has 0 spiro atoms. The first-order valence-electron chi connectivity index (χ1n) is 11.2. The van der Waals surface area contributed by atoms with Crippen molar-refractivity contribution in [1.82, 2.24) is 23.8 Å². The lowest BCUT2D eigenvalue weighted by Crippen LogP contribution is -2.48. The fourth-order valence-electron chi connectivity index (χ4n) is 4.13. The number of sulfonamides is 1. The second-order valence-corrected chi connectivity index (χ2v) is 11.9. The van der Waals surface area contributed by atoms with E-state index in [9.17, 15) is 13.2 Å². The third-order valence-corrected chi connectivity index (χ3v) is 9.32. The standard InChI is InChI=1S/C24H24ClN5O3S2/c1-16-3-4-17(2)21(13-16)35(32,33)29-11-9-28(10-12-29)15-20-14-22(31)30-24(26-20)34-23(27-30)18-5-7-19(25)8-6-18/h3-8,13-14H,9-12,15H2,1-2H3. The van der Waals surface area contributed by atoms with E-state index < -0.39 is 10.0 Å². The van der Waals surface area contributed by atoms with Gasteiger partial charge in [-0.3, -0.25) is 9.69 Å². The molecule has 0 radical (unpaired) electrons. The second kappa shape index (κ2) is 9.44. The lowest BCUT2D eigenvalue weighted by Gasteiger charge is -2.34. The summed E-state index contributed by atoms with van der Waals surface area (Å²) in [5.74, 6) is 0. The van der Waals surface area contributed by atoms with Crippen LogP contribution in [0.3, 0.4) is 0 Å². The molecule has 0 unspecified atom stereocenters. The zero-order chi connectivity index (χ0) is 24.7. The van der Waals surface area contributed by atoms with Crippen molar-refractivity contribution in [3.05, 3.63) is 80.7 Å². The van der Waals surface area contributed by atoms with Crippen LogP contribution in [0, 0.1) is 13.8 Å². The Bertz CT molecular complexity index is 1560. The number of piperazine rings is 1. The highest BCUT2D eigenvalue weighted by Gasteiger charge is 2.30. The van der Waals surface area contributed by atoms with E-state index in [2.05, 4.69) is 15.0 Å². The van der Waals surface area contributed by atoms with Gasteiger partial charge < -0.3 is 0 Å².